The van der Waals surface area contributed by atoms with Crippen LogP contribution in [-0.4, -0.2) is 19.9 Å². The average molecular weight is 181 g/mol. The quantitative estimate of drug-likeness (QED) is 0.351. The highest BCUT2D eigenvalue weighted by Gasteiger charge is 1.86. The third kappa shape index (κ3) is 7.32. The minimum Gasteiger partial charge on any atom is -0.497 e. The van der Waals surface area contributed by atoms with E-state index in [9.17, 15) is 0 Å². The molecule has 0 spiro atoms. The fraction of sp³-hybridized carbons (Fsp3) is 0.545. The Hall–Kier alpha value is -1.05. The number of nitrogens with zero attached hydrogens (tertiary/aromatic N) is 1. The summed E-state index contributed by atoms with van der Waals surface area (Å²) in [7, 11) is 1.78. The van der Waals surface area contributed by atoms with Gasteiger partial charge in [0.1, 0.15) is 6.61 Å². The highest BCUT2D eigenvalue weighted by Crippen LogP contribution is 1.96. The lowest BCUT2D eigenvalue weighted by molar-refractivity contribution is 0.288. The molecule has 0 aromatic carbocycles. The van der Waals surface area contributed by atoms with Crippen molar-refractivity contribution in [2.45, 2.75) is 26.7 Å². The molecule has 0 N–H and O–H groups in total. The summed E-state index contributed by atoms with van der Waals surface area (Å²) in [5.41, 5.74) is 1.22. The van der Waals surface area contributed by atoms with Gasteiger partial charge in [-0.2, -0.15) is 0 Å². The van der Waals surface area contributed by atoms with Crippen molar-refractivity contribution in [2.75, 3.05) is 13.7 Å². The molecular formula is C11H19NO. The second-order valence-corrected chi connectivity index (χ2v) is 2.63. The Labute approximate surface area is 81.0 Å². The molecule has 0 unspecified atom stereocenters. The first-order valence-electron chi connectivity index (χ1n) is 4.72. The van der Waals surface area contributed by atoms with E-state index in [1.807, 2.05) is 18.4 Å². The van der Waals surface area contributed by atoms with E-state index in [1.165, 1.54) is 5.57 Å². The summed E-state index contributed by atoms with van der Waals surface area (Å²) >= 11 is 0. The molecule has 0 fully saturated rings. The van der Waals surface area contributed by atoms with Crippen molar-refractivity contribution in [1.29, 1.82) is 0 Å². The van der Waals surface area contributed by atoms with Crippen LogP contribution in [0.15, 0.2) is 29.0 Å². The predicted octanol–water partition coefficient (Wildman–Crippen LogP) is 2.96. The van der Waals surface area contributed by atoms with E-state index < -0.39 is 0 Å². The first-order valence-corrected chi connectivity index (χ1v) is 4.72. The summed E-state index contributed by atoms with van der Waals surface area (Å²) in [5, 5.41) is 0. The van der Waals surface area contributed by atoms with Crippen LogP contribution < -0.4 is 0 Å². The lowest BCUT2D eigenvalue weighted by Crippen LogP contribution is -1.88. The first-order chi connectivity index (χ1) is 6.35. The summed E-state index contributed by atoms with van der Waals surface area (Å²) in [6, 6.07) is 0. The molecule has 0 aliphatic carbocycles. The molecule has 0 saturated carbocycles. The van der Waals surface area contributed by atoms with Gasteiger partial charge in [0.25, 0.3) is 0 Å². The summed E-state index contributed by atoms with van der Waals surface area (Å²) in [6.45, 7) is 4.82. The number of hydrogen-bond acceptors (Lipinski definition) is 2. The molecular weight excluding hydrogens is 162 g/mol. The van der Waals surface area contributed by atoms with Gasteiger partial charge in [0.05, 0.1) is 6.26 Å². The van der Waals surface area contributed by atoms with E-state index in [2.05, 4.69) is 18.8 Å². The lowest BCUT2D eigenvalue weighted by atomic mass is 10.2. The Kier molecular flexibility index (Phi) is 8.31. The molecule has 0 aromatic rings. The number of ether oxygens (including phenoxy) is 1. The molecule has 13 heavy (non-hydrogen) atoms. The van der Waals surface area contributed by atoms with E-state index in [-0.39, 0.29) is 0 Å². The molecule has 0 saturated heterocycles. The van der Waals surface area contributed by atoms with Crippen LogP contribution in [-0.2, 0) is 4.74 Å². The molecule has 0 atom stereocenters. The van der Waals surface area contributed by atoms with Crippen molar-refractivity contribution in [3.05, 3.63) is 24.0 Å². The maximum Gasteiger partial charge on any atom is 0.106 e. The lowest BCUT2D eigenvalue weighted by Gasteiger charge is -1.97. The SMILES string of the molecule is CC/C=C\OC/C=C(\C=N/C)CC. The molecule has 0 heterocycles. The predicted molar refractivity (Wildman–Crippen MR) is 58.2 cm³/mol. The van der Waals surface area contributed by atoms with E-state index in [1.54, 1.807) is 13.3 Å². The number of aliphatic imine (C=N–C) groups is 1. The molecule has 74 valence electrons. The van der Waals surface area contributed by atoms with Crippen LogP contribution in [0.3, 0.4) is 0 Å². The third-order valence-electron chi connectivity index (χ3n) is 1.57. The number of hydrogen-bond donors (Lipinski definition) is 0. The van der Waals surface area contributed by atoms with Crippen molar-refractivity contribution in [1.82, 2.24) is 0 Å². The van der Waals surface area contributed by atoms with Crippen LogP contribution in [0.5, 0.6) is 0 Å². The van der Waals surface area contributed by atoms with Crippen molar-refractivity contribution in [3.63, 3.8) is 0 Å². The molecule has 0 amide bonds. The van der Waals surface area contributed by atoms with Crippen molar-refractivity contribution >= 4 is 6.21 Å². The maximum absolute atomic E-state index is 5.23. The summed E-state index contributed by atoms with van der Waals surface area (Å²) < 4.78 is 5.23. The van der Waals surface area contributed by atoms with Crippen molar-refractivity contribution in [3.8, 4) is 0 Å². The number of rotatable bonds is 6. The minimum absolute atomic E-state index is 0.631. The Balaban J connectivity index is 3.73. The molecule has 0 radical (unpaired) electrons. The molecule has 0 rings (SSSR count). The van der Waals surface area contributed by atoms with Crippen molar-refractivity contribution in [2.24, 2.45) is 4.99 Å². The van der Waals surface area contributed by atoms with Gasteiger partial charge in [-0.3, -0.25) is 4.99 Å². The van der Waals surface area contributed by atoms with Crippen molar-refractivity contribution < 1.29 is 4.74 Å². The van der Waals surface area contributed by atoms with Gasteiger partial charge in [0.2, 0.25) is 0 Å². The first kappa shape index (κ1) is 11.9. The Morgan fingerprint density at radius 2 is 2.15 bits per heavy atom. The zero-order valence-electron chi connectivity index (χ0n) is 8.79. The van der Waals surface area contributed by atoms with Gasteiger partial charge in [-0.1, -0.05) is 19.9 Å². The smallest absolute Gasteiger partial charge is 0.106 e. The highest BCUT2D eigenvalue weighted by molar-refractivity contribution is 5.78. The highest BCUT2D eigenvalue weighted by atomic mass is 16.5. The van der Waals surface area contributed by atoms with E-state index >= 15 is 0 Å². The topological polar surface area (TPSA) is 21.6 Å². The molecule has 0 aliphatic heterocycles. The van der Waals surface area contributed by atoms with Gasteiger partial charge in [-0.25, -0.2) is 0 Å². The van der Waals surface area contributed by atoms with Crippen LogP contribution >= 0.6 is 0 Å². The molecule has 2 nitrogen and oxygen atoms in total. The van der Waals surface area contributed by atoms with E-state index in [4.69, 9.17) is 4.74 Å². The summed E-state index contributed by atoms with van der Waals surface area (Å²) in [4.78, 5) is 3.96. The van der Waals surface area contributed by atoms with Gasteiger partial charge in [0, 0.05) is 13.3 Å². The Bertz CT molecular complexity index is 192. The Morgan fingerprint density at radius 3 is 2.69 bits per heavy atom. The number of allylic oxidation sites excluding steroid dienone is 2. The van der Waals surface area contributed by atoms with Crippen LogP contribution in [0.25, 0.3) is 0 Å². The summed E-state index contributed by atoms with van der Waals surface area (Å²) in [6.07, 6.45) is 9.67. The van der Waals surface area contributed by atoms with Crippen LogP contribution in [0, 0.1) is 0 Å². The normalized spacial score (nSPS) is 13.0. The molecule has 0 aromatic heterocycles. The van der Waals surface area contributed by atoms with Crippen LogP contribution in [0.4, 0.5) is 0 Å². The fourth-order valence-electron chi connectivity index (χ4n) is 0.829. The standard InChI is InChI=1S/C11H19NO/c1-4-6-8-13-9-7-11(5-2)10-12-3/h6-8,10H,4-5,9H2,1-3H3/b8-6-,11-7-,12-10-. The van der Waals surface area contributed by atoms with Gasteiger partial charge in [0.15, 0.2) is 0 Å². The minimum atomic E-state index is 0.631. The molecule has 0 bridgehead atoms. The average Bonchev–Trinajstić information content (AvgIpc) is 2.16. The van der Waals surface area contributed by atoms with Gasteiger partial charge in [-0.15, -0.1) is 0 Å². The Morgan fingerprint density at radius 1 is 1.38 bits per heavy atom. The van der Waals surface area contributed by atoms with Gasteiger partial charge in [-0.05, 0) is 24.5 Å². The van der Waals surface area contributed by atoms with E-state index in [0.29, 0.717) is 6.61 Å². The van der Waals surface area contributed by atoms with Crippen LogP contribution in [0.2, 0.25) is 0 Å². The molecule has 2 heteroatoms. The van der Waals surface area contributed by atoms with E-state index in [0.717, 1.165) is 12.8 Å². The third-order valence-corrected chi connectivity index (χ3v) is 1.57. The fourth-order valence-corrected chi connectivity index (χ4v) is 0.829. The zero-order chi connectivity index (χ0) is 9.94. The second kappa shape index (κ2) is 9.04. The zero-order valence-corrected chi connectivity index (χ0v) is 8.79. The molecule has 0 aliphatic rings. The largest absolute Gasteiger partial charge is 0.497 e. The second-order valence-electron chi connectivity index (χ2n) is 2.63. The van der Waals surface area contributed by atoms with Gasteiger partial charge < -0.3 is 4.74 Å². The maximum atomic E-state index is 5.23. The monoisotopic (exact) mass is 181 g/mol. The van der Waals surface area contributed by atoms with Gasteiger partial charge >= 0.3 is 0 Å². The summed E-state index contributed by atoms with van der Waals surface area (Å²) in [5.74, 6) is 0. The van der Waals surface area contributed by atoms with Crippen LogP contribution in [0.1, 0.15) is 26.7 Å².